The van der Waals surface area contributed by atoms with E-state index in [4.69, 9.17) is 11.6 Å². The second-order valence-corrected chi connectivity index (χ2v) is 5.46. The van der Waals surface area contributed by atoms with Crippen LogP contribution in [0.15, 0.2) is 34.6 Å². The van der Waals surface area contributed by atoms with Crippen molar-refractivity contribution >= 4 is 17.3 Å². The number of nitrogens with zero attached hydrogens (tertiary/aromatic N) is 3. The smallest absolute Gasteiger partial charge is 0.0673 e. The van der Waals surface area contributed by atoms with Crippen LogP contribution in [0.2, 0.25) is 5.02 Å². The van der Waals surface area contributed by atoms with E-state index in [9.17, 15) is 0 Å². The molecule has 0 radical (unpaired) electrons. The molecule has 1 aromatic carbocycles. The third-order valence-corrected chi connectivity index (χ3v) is 2.83. The Labute approximate surface area is 120 Å². The van der Waals surface area contributed by atoms with Crippen LogP contribution in [0.25, 0.3) is 0 Å². The summed E-state index contributed by atoms with van der Waals surface area (Å²) in [6.07, 6.45) is 0.996. The number of anilines is 1. The second-order valence-electron chi connectivity index (χ2n) is 5.02. The molecule has 0 heterocycles. The summed E-state index contributed by atoms with van der Waals surface area (Å²) in [5.41, 5.74) is 1.09. The summed E-state index contributed by atoms with van der Waals surface area (Å²) in [5.74, 6) is 0. The van der Waals surface area contributed by atoms with E-state index in [0.717, 1.165) is 23.7 Å². The normalized spacial score (nSPS) is 12.9. The molecule has 5 heteroatoms. The predicted octanol–water partition coefficient (Wildman–Crippen LogP) is 4.24. The number of nitrogens with one attached hydrogen (secondary N) is 1. The first-order valence-electron chi connectivity index (χ1n) is 6.61. The average Bonchev–Trinajstić information content (AvgIpc) is 2.36. The van der Waals surface area contributed by atoms with Crippen LogP contribution in [-0.2, 0) is 0 Å². The molecule has 106 valence electrons. The lowest BCUT2D eigenvalue weighted by molar-refractivity contribution is 0.311. The van der Waals surface area contributed by atoms with Crippen molar-refractivity contribution in [1.82, 2.24) is 5.01 Å². The van der Waals surface area contributed by atoms with Crippen LogP contribution in [0.1, 0.15) is 27.2 Å². The molecular formula is C14H23ClN4. The van der Waals surface area contributed by atoms with Gasteiger partial charge in [0.1, 0.15) is 0 Å². The molecule has 4 nitrogen and oxygen atoms in total. The van der Waals surface area contributed by atoms with Crippen molar-refractivity contribution in [1.29, 1.82) is 0 Å². The van der Waals surface area contributed by atoms with Crippen LogP contribution >= 0.6 is 11.6 Å². The average molecular weight is 283 g/mol. The van der Waals surface area contributed by atoms with Crippen LogP contribution in [-0.4, -0.2) is 30.7 Å². The number of benzene rings is 1. The van der Waals surface area contributed by atoms with Gasteiger partial charge in [0.15, 0.2) is 0 Å². The molecule has 0 spiro atoms. The molecule has 0 amide bonds. The topological polar surface area (TPSA) is 40.0 Å². The van der Waals surface area contributed by atoms with E-state index in [-0.39, 0.29) is 6.04 Å². The van der Waals surface area contributed by atoms with E-state index in [1.807, 2.05) is 50.2 Å². The van der Waals surface area contributed by atoms with Gasteiger partial charge in [-0.3, -0.25) is 5.01 Å². The fourth-order valence-corrected chi connectivity index (χ4v) is 1.65. The molecule has 0 aliphatic rings. The minimum absolute atomic E-state index is 0.243. The first kappa shape index (κ1) is 15.8. The lowest BCUT2D eigenvalue weighted by Gasteiger charge is -2.18. The lowest BCUT2D eigenvalue weighted by Crippen LogP contribution is -2.22. The maximum atomic E-state index is 5.85. The van der Waals surface area contributed by atoms with Crippen LogP contribution in [0.5, 0.6) is 0 Å². The summed E-state index contributed by atoms with van der Waals surface area (Å²) in [4.78, 5) is 0. The highest BCUT2D eigenvalue weighted by atomic mass is 35.5. The molecule has 1 unspecified atom stereocenters. The van der Waals surface area contributed by atoms with E-state index in [1.165, 1.54) is 0 Å². The molecule has 0 saturated carbocycles. The highest BCUT2D eigenvalue weighted by Gasteiger charge is 2.04. The van der Waals surface area contributed by atoms with E-state index in [2.05, 4.69) is 22.6 Å². The Balaban J connectivity index is 2.31. The van der Waals surface area contributed by atoms with Gasteiger partial charge < -0.3 is 5.32 Å². The van der Waals surface area contributed by atoms with Crippen LogP contribution in [0, 0.1) is 0 Å². The van der Waals surface area contributed by atoms with Crippen LogP contribution in [0.4, 0.5) is 5.69 Å². The van der Waals surface area contributed by atoms with E-state index >= 15 is 0 Å². The van der Waals surface area contributed by atoms with Gasteiger partial charge in [0, 0.05) is 30.3 Å². The summed E-state index contributed by atoms with van der Waals surface area (Å²) >= 11 is 5.85. The van der Waals surface area contributed by atoms with Crippen molar-refractivity contribution in [2.24, 2.45) is 10.3 Å². The molecule has 19 heavy (non-hydrogen) atoms. The number of halogens is 1. The third-order valence-electron chi connectivity index (χ3n) is 2.58. The van der Waals surface area contributed by atoms with Gasteiger partial charge in [-0.25, -0.2) is 0 Å². The summed E-state index contributed by atoms with van der Waals surface area (Å²) in [5, 5.41) is 14.3. The predicted molar refractivity (Wildman–Crippen MR) is 81.8 cm³/mol. The molecule has 0 aliphatic carbocycles. The van der Waals surface area contributed by atoms with Crippen LogP contribution in [0.3, 0.4) is 0 Å². The maximum Gasteiger partial charge on any atom is 0.0673 e. The number of rotatable bonds is 7. The minimum Gasteiger partial charge on any atom is -0.383 e. The molecule has 0 saturated heterocycles. The van der Waals surface area contributed by atoms with Crippen molar-refractivity contribution in [2.75, 3.05) is 18.9 Å². The molecule has 0 bridgehead atoms. The van der Waals surface area contributed by atoms with Crippen LogP contribution < -0.4 is 5.32 Å². The molecule has 1 N–H and O–H groups in total. The zero-order valence-corrected chi connectivity index (χ0v) is 12.9. The quantitative estimate of drug-likeness (QED) is 0.600. The van der Waals surface area contributed by atoms with Crippen molar-refractivity contribution in [3.8, 4) is 0 Å². The van der Waals surface area contributed by atoms with Gasteiger partial charge in [-0.2, -0.15) is 5.11 Å². The summed E-state index contributed by atoms with van der Waals surface area (Å²) in [7, 11) is 1.95. The molecule has 0 fully saturated rings. The standard InChI is InChI=1S/C14H23ClN4/c1-11(2)17-18-19(4)10-9-12(3)16-14-7-5-13(15)6-8-14/h5-8,11-12,16H,9-10H2,1-4H3/b18-17-. The summed E-state index contributed by atoms with van der Waals surface area (Å²) < 4.78 is 0. The second kappa shape index (κ2) is 8.00. The number of hydrogen-bond acceptors (Lipinski definition) is 3. The van der Waals surface area contributed by atoms with Gasteiger partial charge in [-0.15, -0.1) is 0 Å². The molecular weight excluding hydrogens is 260 g/mol. The lowest BCUT2D eigenvalue weighted by atomic mass is 10.2. The highest BCUT2D eigenvalue weighted by Crippen LogP contribution is 2.15. The van der Waals surface area contributed by atoms with E-state index < -0.39 is 0 Å². The largest absolute Gasteiger partial charge is 0.383 e. The van der Waals surface area contributed by atoms with E-state index in [0.29, 0.717) is 6.04 Å². The van der Waals surface area contributed by atoms with Gasteiger partial charge in [0.2, 0.25) is 0 Å². The molecule has 1 atom stereocenters. The Bertz CT molecular complexity index is 389. The van der Waals surface area contributed by atoms with Gasteiger partial charge >= 0.3 is 0 Å². The fraction of sp³-hybridized carbons (Fsp3) is 0.571. The van der Waals surface area contributed by atoms with Gasteiger partial charge in [0.25, 0.3) is 0 Å². The van der Waals surface area contributed by atoms with Crippen molar-refractivity contribution in [2.45, 2.75) is 39.3 Å². The third kappa shape index (κ3) is 7.01. The first-order valence-corrected chi connectivity index (χ1v) is 6.99. The number of hydrogen-bond donors (Lipinski definition) is 1. The molecule has 0 aromatic heterocycles. The summed E-state index contributed by atoms with van der Waals surface area (Å²) in [6, 6.07) is 8.37. The van der Waals surface area contributed by atoms with Gasteiger partial charge in [0.05, 0.1) is 6.04 Å². The fourth-order valence-electron chi connectivity index (χ4n) is 1.52. The zero-order valence-electron chi connectivity index (χ0n) is 12.1. The molecule has 1 aromatic rings. The van der Waals surface area contributed by atoms with E-state index in [1.54, 1.807) is 0 Å². The Hall–Kier alpha value is -1.29. The van der Waals surface area contributed by atoms with Crippen molar-refractivity contribution in [3.05, 3.63) is 29.3 Å². The van der Waals surface area contributed by atoms with Gasteiger partial charge in [-0.1, -0.05) is 16.8 Å². The monoisotopic (exact) mass is 282 g/mol. The first-order chi connectivity index (χ1) is 8.97. The highest BCUT2D eigenvalue weighted by molar-refractivity contribution is 6.30. The Morgan fingerprint density at radius 3 is 2.42 bits per heavy atom. The minimum atomic E-state index is 0.243. The SMILES string of the molecule is CC(C)/N=N\N(C)CCC(C)Nc1ccc(Cl)cc1. The Kier molecular flexibility index (Phi) is 6.64. The van der Waals surface area contributed by atoms with Crippen molar-refractivity contribution in [3.63, 3.8) is 0 Å². The van der Waals surface area contributed by atoms with Gasteiger partial charge in [-0.05, 0) is 51.5 Å². The van der Waals surface area contributed by atoms with Crippen molar-refractivity contribution < 1.29 is 0 Å². The molecule has 1 rings (SSSR count). The Morgan fingerprint density at radius 1 is 1.21 bits per heavy atom. The molecule has 0 aliphatic heterocycles. The maximum absolute atomic E-state index is 5.85. The Morgan fingerprint density at radius 2 is 1.84 bits per heavy atom. The zero-order chi connectivity index (χ0) is 14.3. The summed E-state index contributed by atoms with van der Waals surface area (Å²) in [6.45, 7) is 7.06.